The van der Waals surface area contributed by atoms with Crippen LogP contribution in [0.15, 0.2) is 23.3 Å². The number of aromatic nitrogens is 4. The molecule has 25 heavy (non-hydrogen) atoms. The van der Waals surface area contributed by atoms with Crippen LogP contribution in [0.4, 0.5) is 5.82 Å². The molecule has 0 spiro atoms. The lowest BCUT2D eigenvalue weighted by Gasteiger charge is -2.33. The zero-order valence-electron chi connectivity index (χ0n) is 14.9. The van der Waals surface area contributed by atoms with Crippen molar-refractivity contribution in [1.82, 2.24) is 24.6 Å². The molecular weight excluding hydrogens is 320 g/mol. The molecule has 1 fully saturated rings. The molecule has 0 radical (unpaired) electrons. The Labute approximate surface area is 146 Å². The molecule has 134 valence electrons. The molecule has 3 heterocycles. The number of nitrogens with one attached hydrogen (secondary N) is 1. The summed E-state index contributed by atoms with van der Waals surface area (Å²) in [6, 6.07) is 1.96. The monoisotopic (exact) mass is 344 g/mol. The molecule has 1 aliphatic heterocycles. The number of anilines is 1. The first kappa shape index (κ1) is 17.2. The van der Waals surface area contributed by atoms with Gasteiger partial charge < -0.3 is 14.8 Å². The van der Waals surface area contributed by atoms with E-state index in [2.05, 4.69) is 15.4 Å². The standard InChI is InChI=1S/C17H24N6O2/c1-12-9-13(2)23(20-12)11-15(24)19-14-5-4-7-22(10-14)16-17(25)21(3)8-6-18-16/h6,8-9,14H,4-5,7,10-11H2,1-3H3,(H,19,24)/t14-/m0/s1. The van der Waals surface area contributed by atoms with E-state index in [1.54, 1.807) is 24.1 Å². The molecule has 0 bridgehead atoms. The molecule has 2 aromatic heterocycles. The van der Waals surface area contributed by atoms with Gasteiger partial charge in [0.25, 0.3) is 5.56 Å². The van der Waals surface area contributed by atoms with E-state index in [9.17, 15) is 9.59 Å². The minimum absolute atomic E-state index is 0.00456. The van der Waals surface area contributed by atoms with Gasteiger partial charge in [-0.15, -0.1) is 0 Å². The maximum Gasteiger partial charge on any atom is 0.293 e. The van der Waals surface area contributed by atoms with Gasteiger partial charge in [0.1, 0.15) is 6.54 Å². The van der Waals surface area contributed by atoms with Gasteiger partial charge in [0.2, 0.25) is 5.91 Å². The lowest BCUT2D eigenvalue weighted by Crippen LogP contribution is -2.50. The second-order valence-electron chi connectivity index (χ2n) is 6.60. The molecule has 0 aromatic carbocycles. The van der Waals surface area contributed by atoms with Crippen LogP contribution in [0.3, 0.4) is 0 Å². The molecular formula is C17H24N6O2. The molecule has 0 saturated carbocycles. The van der Waals surface area contributed by atoms with Crippen molar-refractivity contribution in [2.24, 2.45) is 7.05 Å². The molecule has 1 amide bonds. The van der Waals surface area contributed by atoms with E-state index in [0.29, 0.717) is 12.4 Å². The fraction of sp³-hybridized carbons (Fsp3) is 0.529. The molecule has 2 aromatic rings. The number of nitrogens with zero attached hydrogens (tertiary/aromatic N) is 5. The summed E-state index contributed by atoms with van der Waals surface area (Å²) in [4.78, 5) is 30.8. The highest BCUT2D eigenvalue weighted by atomic mass is 16.2. The number of carbonyl (C=O) groups is 1. The summed E-state index contributed by atoms with van der Waals surface area (Å²) in [6.45, 7) is 5.42. The van der Waals surface area contributed by atoms with Gasteiger partial charge in [-0.1, -0.05) is 0 Å². The second kappa shape index (κ2) is 7.08. The van der Waals surface area contributed by atoms with E-state index < -0.39 is 0 Å². The number of rotatable bonds is 4. The molecule has 1 N–H and O–H groups in total. The Hall–Kier alpha value is -2.64. The van der Waals surface area contributed by atoms with E-state index >= 15 is 0 Å². The first-order valence-corrected chi connectivity index (χ1v) is 8.51. The van der Waals surface area contributed by atoms with Crippen LogP contribution < -0.4 is 15.8 Å². The fourth-order valence-corrected chi connectivity index (χ4v) is 3.23. The van der Waals surface area contributed by atoms with Crippen molar-refractivity contribution < 1.29 is 4.79 Å². The molecule has 1 atom stereocenters. The van der Waals surface area contributed by atoms with Gasteiger partial charge in [0, 0.05) is 44.3 Å². The topological polar surface area (TPSA) is 85.0 Å². The predicted molar refractivity (Wildman–Crippen MR) is 94.6 cm³/mol. The van der Waals surface area contributed by atoms with Gasteiger partial charge in [-0.3, -0.25) is 14.3 Å². The normalized spacial score (nSPS) is 17.6. The Morgan fingerprint density at radius 2 is 2.20 bits per heavy atom. The third-order valence-corrected chi connectivity index (χ3v) is 4.48. The van der Waals surface area contributed by atoms with E-state index in [1.807, 2.05) is 24.8 Å². The molecule has 0 aliphatic carbocycles. The summed E-state index contributed by atoms with van der Waals surface area (Å²) in [7, 11) is 1.71. The molecule has 8 heteroatoms. The number of aryl methyl sites for hydroxylation is 3. The van der Waals surface area contributed by atoms with Gasteiger partial charge in [-0.05, 0) is 32.8 Å². The van der Waals surface area contributed by atoms with Crippen LogP contribution in [0.5, 0.6) is 0 Å². The fourth-order valence-electron chi connectivity index (χ4n) is 3.23. The number of piperidine rings is 1. The highest BCUT2D eigenvalue weighted by Crippen LogP contribution is 2.14. The van der Waals surface area contributed by atoms with Crippen molar-refractivity contribution in [2.45, 2.75) is 39.3 Å². The van der Waals surface area contributed by atoms with E-state index in [1.165, 1.54) is 4.57 Å². The third-order valence-electron chi connectivity index (χ3n) is 4.48. The molecule has 3 rings (SSSR count). The second-order valence-corrected chi connectivity index (χ2v) is 6.60. The number of hydrogen-bond acceptors (Lipinski definition) is 5. The largest absolute Gasteiger partial charge is 0.350 e. The molecule has 8 nitrogen and oxygen atoms in total. The zero-order chi connectivity index (χ0) is 18.0. The van der Waals surface area contributed by atoms with Crippen LogP contribution in [0, 0.1) is 13.8 Å². The summed E-state index contributed by atoms with van der Waals surface area (Å²) in [5.74, 6) is 0.384. The first-order valence-electron chi connectivity index (χ1n) is 8.51. The van der Waals surface area contributed by atoms with Crippen LogP contribution in [0.2, 0.25) is 0 Å². The van der Waals surface area contributed by atoms with Gasteiger partial charge in [0.15, 0.2) is 5.82 Å². The van der Waals surface area contributed by atoms with Crippen LogP contribution in [0.25, 0.3) is 0 Å². The highest BCUT2D eigenvalue weighted by Gasteiger charge is 2.24. The SMILES string of the molecule is Cc1cc(C)n(CC(=O)N[C@H]2CCCN(c3nccn(C)c3=O)C2)n1. The highest BCUT2D eigenvalue weighted by molar-refractivity contribution is 5.76. The lowest BCUT2D eigenvalue weighted by molar-refractivity contribution is -0.122. The van der Waals surface area contributed by atoms with E-state index in [-0.39, 0.29) is 24.1 Å². The van der Waals surface area contributed by atoms with Gasteiger partial charge in [0.05, 0.1) is 5.69 Å². The van der Waals surface area contributed by atoms with Crippen LogP contribution >= 0.6 is 0 Å². The van der Waals surface area contributed by atoms with Crippen molar-refractivity contribution in [3.8, 4) is 0 Å². The number of carbonyl (C=O) groups excluding carboxylic acids is 1. The molecule has 0 unspecified atom stereocenters. The smallest absolute Gasteiger partial charge is 0.293 e. The summed E-state index contributed by atoms with van der Waals surface area (Å²) >= 11 is 0. The van der Waals surface area contributed by atoms with Crippen LogP contribution in [-0.4, -0.2) is 44.4 Å². The minimum Gasteiger partial charge on any atom is -0.350 e. The lowest BCUT2D eigenvalue weighted by atomic mass is 10.1. The summed E-state index contributed by atoms with van der Waals surface area (Å²) in [5, 5.41) is 7.38. The first-order chi connectivity index (χ1) is 11.9. The van der Waals surface area contributed by atoms with Crippen molar-refractivity contribution in [1.29, 1.82) is 0 Å². The third kappa shape index (κ3) is 3.89. The minimum atomic E-state index is -0.114. The maximum absolute atomic E-state index is 12.3. The summed E-state index contributed by atoms with van der Waals surface area (Å²) in [6.07, 6.45) is 5.07. The number of amides is 1. The van der Waals surface area contributed by atoms with Gasteiger partial charge in [-0.2, -0.15) is 5.10 Å². The van der Waals surface area contributed by atoms with Crippen molar-refractivity contribution in [3.63, 3.8) is 0 Å². The Balaban J connectivity index is 1.63. The van der Waals surface area contributed by atoms with E-state index in [0.717, 1.165) is 30.8 Å². The van der Waals surface area contributed by atoms with Crippen molar-refractivity contribution in [3.05, 3.63) is 40.2 Å². The average Bonchev–Trinajstić information content (AvgIpc) is 2.87. The Bertz CT molecular complexity index is 825. The summed E-state index contributed by atoms with van der Waals surface area (Å²) in [5.41, 5.74) is 1.76. The Morgan fingerprint density at radius 1 is 1.40 bits per heavy atom. The molecule has 1 saturated heterocycles. The predicted octanol–water partition coefficient (Wildman–Crippen LogP) is 0.379. The quantitative estimate of drug-likeness (QED) is 0.867. The van der Waals surface area contributed by atoms with Gasteiger partial charge in [-0.25, -0.2) is 4.98 Å². The molecule has 1 aliphatic rings. The maximum atomic E-state index is 12.3. The Kier molecular flexibility index (Phi) is 4.87. The number of hydrogen-bond donors (Lipinski definition) is 1. The Morgan fingerprint density at radius 3 is 2.92 bits per heavy atom. The van der Waals surface area contributed by atoms with Crippen molar-refractivity contribution >= 4 is 11.7 Å². The van der Waals surface area contributed by atoms with Crippen LogP contribution in [-0.2, 0) is 18.4 Å². The zero-order valence-corrected chi connectivity index (χ0v) is 14.9. The van der Waals surface area contributed by atoms with Crippen molar-refractivity contribution in [2.75, 3.05) is 18.0 Å². The summed E-state index contributed by atoms with van der Waals surface area (Å²) < 4.78 is 3.23. The van der Waals surface area contributed by atoms with E-state index in [4.69, 9.17) is 0 Å². The average molecular weight is 344 g/mol. The van der Waals surface area contributed by atoms with Gasteiger partial charge >= 0.3 is 0 Å². The van der Waals surface area contributed by atoms with Crippen LogP contribution in [0.1, 0.15) is 24.2 Å².